The van der Waals surface area contributed by atoms with Crippen molar-refractivity contribution in [1.82, 2.24) is 0 Å². The first kappa shape index (κ1) is 14.9. The van der Waals surface area contributed by atoms with Crippen LogP contribution in [0.4, 0.5) is 0 Å². The van der Waals surface area contributed by atoms with Crippen LogP contribution >= 0.6 is 11.8 Å². The molecule has 1 aliphatic carbocycles. The van der Waals surface area contributed by atoms with Crippen molar-refractivity contribution in [3.63, 3.8) is 0 Å². The van der Waals surface area contributed by atoms with E-state index in [2.05, 4.69) is 77.6 Å². The summed E-state index contributed by atoms with van der Waals surface area (Å²) in [5, 5.41) is 0.557. The molecule has 17 heavy (non-hydrogen) atoms. The largest absolute Gasteiger partial charge is 0.144 e. The first-order valence-electron chi connectivity index (χ1n) is 6.89. The summed E-state index contributed by atoms with van der Waals surface area (Å²) in [6.07, 6.45) is 12.1. The Kier molecular flexibility index (Phi) is 4.95. The molecule has 0 aromatic rings. The highest BCUT2D eigenvalue weighted by atomic mass is 32.2. The lowest BCUT2D eigenvalue weighted by Crippen LogP contribution is -2.25. The molecule has 98 valence electrons. The summed E-state index contributed by atoms with van der Waals surface area (Å²) >= 11 is 2.07. The van der Waals surface area contributed by atoms with Gasteiger partial charge in [0.15, 0.2) is 0 Å². The van der Waals surface area contributed by atoms with Gasteiger partial charge < -0.3 is 0 Å². The summed E-state index contributed by atoms with van der Waals surface area (Å²) in [4.78, 5) is 0. The molecule has 0 N–H and O–H groups in total. The van der Waals surface area contributed by atoms with Gasteiger partial charge in [0.25, 0.3) is 0 Å². The van der Waals surface area contributed by atoms with E-state index in [1.807, 2.05) is 0 Å². The molecule has 1 atom stereocenters. The van der Waals surface area contributed by atoms with Crippen molar-refractivity contribution in [3.05, 3.63) is 24.3 Å². The quantitative estimate of drug-likeness (QED) is 0.586. The maximum Gasteiger partial charge on any atom is 0.0413 e. The molecule has 0 aliphatic heterocycles. The van der Waals surface area contributed by atoms with Crippen molar-refractivity contribution in [2.45, 2.75) is 64.4 Å². The number of hydrogen-bond acceptors (Lipinski definition) is 1. The molecule has 1 aliphatic rings. The molecule has 0 spiro atoms. The molecule has 0 fully saturated rings. The average Bonchev–Trinajstić information content (AvgIpc) is 2.31. The predicted molar refractivity (Wildman–Crippen MR) is 81.6 cm³/mol. The first-order chi connectivity index (χ1) is 7.83. The van der Waals surface area contributed by atoms with Crippen molar-refractivity contribution in [2.75, 3.05) is 0 Å². The first-order valence-corrected chi connectivity index (χ1v) is 7.77. The number of hydrogen-bond donors (Lipinski definition) is 0. The minimum atomic E-state index is 0.266. The van der Waals surface area contributed by atoms with Crippen LogP contribution in [0.15, 0.2) is 24.3 Å². The summed E-state index contributed by atoms with van der Waals surface area (Å²) < 4.78 is 0.378. The lowest BCUT2D eigenvalue weighted by molar-refractivity contribution is 0.339. The Morgan fingerprint density at radius 3 is 2.18 bits per heavy atom. The summed E-state index contributed by atoms with van der Waals surface area (Å²) in [6, 6.07) is 0. The summed E-state index contributed by atoms with van der Waals surface area (Å²) in [6.45, 7) is 13.9. The zero-order chi connectivity index (χ0) is 13.1. The Bertz CT molecular complexity index is 285. The van der Waals surface area contributed by atoms with Gasteiger partial charge in [-0.3, -0.25) is 0 Å². The standard InChI is InChI=1S/C16H28S/c1-7-13(3)16(6)11-9-14(10-12-16)17-15(4,5)8-2/h9-14H,7-8H2,1-6H3. The van der Waals surface area contributed by atoms with Crippen molar-refractivity contribution >= 4 is 11.8 Å². The minimum Gasteiger partial charge on any atom is -0.144 e. The second-order valence-electron chi connectivity index (χ2n) is 6.09. The zero-order valence-electron chi connectivity index (χ0n) is 12.3. The van der Waals surface area contributed by atoms with Crippen LogP contribution in [-0.4, -0.2) is 10.00 Å². The Morgan fingerprint density at radius 1 is 1.24 bits per heavy atom. The fourth-order valence-electron chi connectivity index (χ4n) is 2.02. The van der Waals surface area contributed by atoms with Crippen molar-refractivity contribution in [2.24, 2.45) is 11.3 Å². The van der Waals surface area contributed by atoms with Crippen LogP contribution in [-0.2, 0) is 0 Å². The Labute approximate surface area is 112 Å². The molecular weight excluding hydrogens is 224 g/mol. The van der Waals surface area contributed by atoms with Crippen LogP contribution in [0.1, 0.15) is 54.4 Å². The van der Waals surface area contributed by atoms with Crippen LogP contribution in [0.3, 0.4) is 0 Å². The van der Waals surface area contributed by atoms with Crippen LogP contribution in [0.25, 0.3) is 0 Å². The topological polar surface area (TPSA) is 0 Å². The third-order valence-corrected chi connectivity index (χ3v) is 5.78. The Hall–Kier alpha value is -0.170. The van der Waals surface area contributed by atoms with Gasteiger partial charge in [-0.25, -0.2) is 0 Å². The van der Waals surface area contributed by atoms with Gasteiger partial charge in [0, 0.05) is 15.4 Å². The molecular formula is C16H28S. The fourth-order valence-corrected chi connectivity index (χ4v) is 3.24. The van der Waals surface area contributed by atoms with Gasteiger partial charge >= 0.3 is 0 Å². The third kappa shape index (κ3) is 3.91. The molecule has 1 heteroatoms. The maximum absolute atomic E-state index is 2.42. The molecule has 1 rings (SSSR count). The van der Waals surface area contributed by atoms with E-state index >= 15 is 0 Å². The van der Waals surface area contributed by atoms with Crippen LogP contribution in [0.5, 0.6) is 0 Å². The van der Waals surface area contributed by atoms with Gasteiger partial charge in [-0.05, 0) is 12.3 Å². The second-order valence-corrected chi connectivity index (χ2v) is 7.97. The Balaban J connectivity index is 2.65. The van der Waals surface area contributed by atoms with Crippen molar-refractivity contribution in [3.8, 4) is 0 Å². The van der Waals surface area contributed by atoms with Gasteiger partial charge in [0.1, 0.15) is 0 Å². The fraction of sp³-hybridized carbons (Fsp3) is 0.750. The highest BCUT2D eigenvalue weighted by Crippen LogP contribution is 2.40. The summed E-state index contributed by atoms with van der Waals surface area (Å²) in [5.41, 5.74) is 0.266. The highest BCUT2D eigenvalue weighted by Gasteiger charge is 2.28. The molecule has 0 aromatic carbocycles. The van der Waals surface area contributed by atoms with E-state index in [-0.39, 0.29) is 5.41 Å². The maximum atomic E-state index is 2.42. The lowest BCUT2D eigenvalue weighted by atomic mass is 9.74. The highest BCUT2D eigenvalue weighted by molar-refractivity contribution is 8.01. The van der Waals surface area contributed by atoms with Crippen molar-refractivity contribution < 1.29 is 0 Å². The zero-order valence-corrected chi connectivity index (χ0v) is 13.1. The molecule has 0 bridgehead atoms. The van der Waals surface area contributed by atoms with Gasteiger partial charge in [-0.1, -0.05) is 72.3 Å². The average molecular weight is 252 g/mol. The monoisotopic (exact) mass is 252 g/mol. The van der Waals surface area contributed by atoms with Crippen LogP contribution in [0, 0.1) is 11.3 Å². The van der Waals surface area contributed by atoms with Gasteiger partial charge in [-0.15, -0.1) is 11.8 Å². The second kappa shape index (κ2) is 5.65. The van der Waals surface area contributed by atoms with E-state index in [1.54, 1.807) is 0 Å². The van der Waals surface area contributed by atoms with Gasteiger partial charge in [0.05, 0.1) is 0 Å². The Morgan fingerprint density at radius 2 is 1.76 bits per heavy atom. The molecule has 0 saturated carbocycles. The van der Waals surface area contributed by atoms with Gasteiger partial charge in [-0.2, -0.15) is 0 Å². The number of thioether (sulfide) groups is 1. The molecule has 1 unspecified atom stereocenters. The van der Waals surface area contributed by atoms with E-state index in [0.29, 0.717) is 10.00 Å². The van der Waals surface area contributed by atoms with Crippen molar-refractivity contribution in [1.29, 1.82) is 0 Å². The SMILES string of the molecule is CCC(C)C1(C)C=CC(SC(C)(C)CC)C=C1. The summed E-state index contributed by atoms with van der Waals surface area (Å²) in [5.74, 6) is 0.722. The van der Waals surface area contributed by atoms with E-state index in [0.717, 1.165) is 5.92 Å². The molecule has 0 heterocycles. The molecule has 0 amide bonds. The molecule has 0 radical (unpaired) electrons. The number of rotatable bonds is 5. The van der Waals surface area contributed by atoms with Gasteiger partial charge in [0.2, 0.25) is 0 Å². The van der Waals surface area contributed by atoms with Crippen LogP contribution < -0.4 is 0 Å². The smallest absolute Gasteiger partial charge is 0.0413 e. The normalized spacial score (nSPS) is 30.6. The van der Waals surface area contributed by atoms with E-state index in [9.17, 15) is 0 Å². The van der Waals surface area contributed by atoms with E-state index in [1.165, 1.54) is 12.8 Å². The van der Waals surface area contributed by atoms with E-state index < -0.39 is 0 Å². The van der Waals surface area contributed by atoms with E-state index in [4.69, 9.17) is 0 Å². The number of allylic oxidation sites excluding steroid dienone is 2. The lowest BCUT2D eigenvalue weighted by Gasteiger charge is -2.34. The molecule has 0 aromatic heterocycles. The minimum absolute atomic E-state index is 0.266. The predicted octanol–water partition coefficient (Wildman–Crippen LogP) is 5.46. The summed E-state index contributed by atoms with van der Waals surface area (Å²) in [7, 11) is 0. The molecule has 0 nitrogen and oxygen atoms in total. The third-order valence-electron chi connectivity index (χ3n) is 4.27. The van der Waals surface area contributed by atoms with Crippen LogP contribution in [0.2, 0.25) is 0 Å². The molecule has 0 saturated heterocycles.